The summed E-state index contributed by atoms with van der Waals surface area (Å²) in [5.74, 6) is -1.76. The van der Waals surface area contributed by atoms with Gasteiger partial charge >= 0.3 is 11.7 Å². The van der Waals surface area contributed by atoms with Crippen molar-refractivity contribution in [2.75, 3.05) is 24.7 Å². The number of carboxylic acid groups (broad SMARTS) is 1. The molecule has 10 heteroatoms. The van der Waals surface area contributed by atoms with Gasteiger partial charge in [-0.25, -0.2) is 8.42 Å². The highest BCUT2D eigenvalue weighted by molar-refractivity contribution is 7.92. The molecule has 0 aromatic carbocycles. The topological polar surface area (TPSA) is 118 Å². The third-order valence-corrected chi connectivity index (χ3v) is 5.59. The number of aliphatic carboxylic acids is 1. The van der Waals surface area contributed by atoms with Gasteiger partial charge in [-0.1, -0.05) is 18.3 Å². The molecule has 0 saturated carbocycles. The van der Waals surface area contributed by atoms with Crippen LogP contribution in [-0.4, -0.2) is 44.3 Å². The lowest BCUT2D eigenvalue weighted by Crippen LogP contribution is -2.28. The van der Waals surface area contributed by atoms with E-state index in [9.17, 15) is 23.3 Å². The normalized spacial score (nSPS) is 12.9. The van der Waals surface area contributed by atoms with Crippen molar-refractivity contribution in [1.82, 2.24) is 0 Å². The predicted octanol–water partition coefficient (Wildman–Crippen LogP) is 1.22. The van der Waals surface area contributed by atoms with E-state index in [4.69, 9.17) is 5.11 Å². The summed E-state index contributed by atoms with van der Waals surface area (Å²) >= 11 is 0.760. The minimum Gasteiger partial charge on any atom is -0.481 e. The predicted molar refractivity (Wildman–Crippen MR) is 74.2 cm³/mol. The summed E-state index contributed by atoms with van der Waals surface area (Å²) in [4.78, 5) is 22.5. The van der Waals surface area contributed by atoms with Gasteiger partial charge in [0.25, 0.3) is 0 Å². The molecule has 0 saturated heterocycles. The average Bonchev–Trinajstić information content (AvgIpc) is 2.72. The highest BCUT2D eigenvalue weighted by Gasteiger charge is 2.27. The Kier molecular flexibility index (Phi) is 4.71. The summed E-state index contributed by atoms with van der Waals surface area (Å²) in [7, 11) is -2.05. The molecule has 0 aliphatic rings. The van der Waals surface area contributed by atoms with E-state index in [0.29, 0.717) is 0 Å². The Labute approximate surface area is 119 Å². The molecule has 0 fully saturated rings. The fraction of sp³-hybridized carbons (Fsp3) is 0.500. The van der Waals surface area contributed by atoms with Crippen LogP contribution in [0.4, 0.5) is 10.7 Å². The molecule has 1 N–H and O–H groups in total. The first kappa shape index (κ1) is 16.4. The van der Waals surface area contributed by atoms with E-state index in [2.05, 4.69) is 0 Å². The number of nitrogens with zero attached hydrogens (tertiary/aromatic N) is 2. The molecule has 1 aromatic heterocycles. The van der Waals surface area contributed by atoms with Gasteiger partial charge in [0, 0.05) is 25.9 Å². The summed E-state index contributed by atoms with van der Waals surface area (Å²) in [6, 6.07) is 0.997. The molecule has 1 aromatic rings. The van der Waals surface area contributed by atoms with Crippen molar-refractivity contribution in [2.24, 2.45) is 5.92 Å². The molecule has 1 rings (SSSR count). The summed E-state index contributed by atoms with van der Waals surface area (Å²) < 4.78 is 22.8. The van der Waals surface area contributed by atoms with Crippen molar-refractivity contribution in [2.45, 2.75) is 11.1 Å². The molecular weight excluding hydrogens is 308 g/mol. The van der Waals surface area contributed by atoms with Gasteiger partial charge in [-0.2, -0.15) is 0 Å². The van der Waals surface area contributed by atoms with Gasteiger partial charge in [-0.3, -0.25) is 14.9 Å². The van der Waals surface area contributed by atoms with Crippen LogP contribution < -0.4 is 4.90 Å². The van der Waals surface area contributed by atoms with Crippen LogP contribution in [0.5, 0.6) is 0 Å². The Hall–Kier alpha value is -1.68. The second kappa shape index (κ2) is 5.75. The van der Waals surface area contributed by atoms with Crippen LogP contribution in [-0.2, 0) is 14.6 Å². The van der Waals surface area contributed by atoms with Crippen molar-refractivity contribution in [3.8, 4) is 0 Å². The van der Waals surface area contributed by atoms with Crippen LogP contribution in [0.25, 0.3) is 0 Å². The maximum absolute atomic E-state index is 11.4. The minimum absolute atomic E-state index is 0.0416. The van der Waals surface area contributed by atoms with Crippen LogP contribution in [0.3, 0.4) is 0 Å². The van der Waals surface area contributed by atoms with E-state index < -0.39 is 26.6 Å². The molecule has 20 heavy (non-hydrogen) atoms. The number of hydrogen-bond acceptors (Lipinski definition) is 7. The molecule has 8 nitrogen and oxygen atoms in total. The van der Waals surface area contributed by atoms with Crippen LogP contribution in [0.2, 0.25) is 0 Å². The van der Waals surface area contributed by atoms with Crippen molar-refractivity contribution >= 4 is 37.8 Å². The van der Waals surface area contributed by atoms with E-state index in [-0.39, 0.29) is 21.4 Å². The zero-order valence-corrected chi connectivity index (χ0v) is 12.7. The second-order valence-electron chi connectivity index (χ2n) is 4.40. The molecule has 1 atom stereocenters. The largest absolute Gasteiger partial charge is 0.481 e. The van der Waals surface area contributed by atoms with Gasteiger partial charge in [0.1, 0.15) is 4.21 Å². The Morgan fingerprint density at radius 1 is 1.60 bits per heavy atom. The quantitative estimate of drug-likeness (QED) is 0.618. The smallest absolute Gasteiger partial charge is 0.308 e. The number of hydrogen-bond donors (Lipinski definition) is 1. The summed E-state index contributed by atoms with van der Waals surface area (Å²) in [6.45, 7) is 1.51. The fourth-order valence-electron chi connectivity index (χ4n) is 1.51. The first-order valence-electron chi connectivity index (χ1n) is 5.46. The Morgan fingerprint density at radius 3 is 2.55 bits per heavy atom. The minimum atomic E-state index is -3.55. The van der Waals surface area contributed by atoms with Crippen LogP contribution in [0.15, 0.2) is 10.3 Å². The maximum Gasteiger partial charge on any atom is 0.308 e. The van der Waals surface area contributed by atoms with Crippen molar-refractivity contribution in [3.63, 3.8) is 0 Å². The van der Waals surface area contributed by atoms with Gasteiger partial charge in [0.05, 0.1) is 10.8 Å². The zero-order chi connectivity index (χ0) is 15.7. The molecule has 1 heterocycles. The lowest BCUT2D eigenvalue weighted by atomic mass is 10.2. The summed E-state index contributed by atoms with van der Waals surface area (Å²) in [5, 5.41) is 19.9. The SMILES string of the molecule is CC(CN(C)c1sc(S(C)(=O)=O)cc1[N+](=O)[O-])C(=O)O. The number of sulfone groups is 1. The third-order valence-electron chi connectivity index (χ3n) is 2.55. The second-order valence-corrected chi connectivity index (χ2v) is 7.68. The average molecular weight is 322 g/mol. The standard InChI is InChI=1S/C10H14N2O6S2/c1-6(10(13)14)5-11(2)9-7(12(15)16)4-8(19-9)20(3,17)18/h4,6H,5H2,1-3H3,(H,13,14). The van der Waals surface area contributed by atoms with E-state index >= 15 is 0 Å². The van der Waals surface area contributed by atoms with Gasteiger partial charge in [-0.15, -0.1) is 0 Å². The number of nitro groups is 1. The first-order valence-corrected chi connectivity index (χ1v) is 8.17. The number of anilines is 1. The summed E-state index contributed by atoms with van der Waals surface area (Å²) in [6.07, 6.45) is 0.964. The van der Waals surface area contributed by atoms with E-state index in [1.165, 1.54) is 18.9 Å². The molecule has 0 amide bonds. The molecule has 0 radical (unpaired) electrons. The Balaban J connectivity index is 3.19. The lowest BCUT2D eigenvalue weighted by Gasteiger charge is -2.18. The summed E-state index contributed by atoms with van der Waals surface area (Å²) in [5.41, 5.74) is -0.337. The number of carbonyl (C=O) groups is 1. The van der Waals surface area contributed by atoms with Crippen molar-refractivity contribution in [1.29, 1.82) is 0 Å². The van der Waals surface area contributed by atoms with Gasteiger partial charge < -0.3 is 10.0 Å². The fourth-order valence-corrected chi connectivity index (χ4v) is 3.51. The van der Waals surface area contributed by atoms with Crippen LogP contribution >= 0.6 is 11.3 Å². The highest BCUT2D eigenvalue weighted by Crippen LogP contribution is 2.39. The lowest BCUT2D eigenvalue weighted by molar-refractivity contribution is -0.383. The maximum atomic E-state index is 11.4. The molecule has 0 aliphatic carbocycles. The molecule has 1 unspecified atom stereocenters. The number of carboxylic acids is 1. The molecule has 0 bridgehead atoms. The van der Waals surface area contributed by atoms with E-state index in [1.807, 2.05) is 0 Å². The van der Waals surface area contributed by atoms with Crippen LogP contribution in [0, 0.1) is 16.0 Å². The van der Waals surface area contributed by atoms with E-state index in [1.54, 1.807) is 0 Å². The van der Waals surface area contributed by atoms with Crippen LogP contribution in [0.1, 0.15) is 6.92 Å². The first-order chi connectivity index (χ1) is 9.04. The number of thiophene rings is 1. The molecule has 0 aliphatic heterocycles. The van der Waals surface area contributed by atoms with E-state index in [0.717, 1.165) is 23.7 Å². The number of rotatable bonds is 6. The molecule has 0 spiro atoms. The molecular formula is C10H14N2O6S2. The third kappa shape index (κ3) is 3.67. The zero-order valence-electron chi connectivity index (χ0n) is 11.1. The highest BCUT2D eigenvalue weighted by atomic mass is 32.2. The van der Waals surface area contributed by atoms with Gasteiger partial charge in [-0.05, 0) is 0 Å². The Bertz CT molecular complexity index is 636. The monoisotopic (exact) mass is 322 g/mol. The van der Waals surface area contributed by atoms with Crippen molar-refractivity contribution < 1.29 is 23.2 Å². The Morgan fingerprint density at radius 2 is 2.15 bits per heavy atom. The van der Waals surface area contributed by atoms with Crippen molar-refractivity contribution in [3.05, 3.63) is 16.2 Å². The molecule has 112 valence electrons. The van der Waals surface area contributed by atoms with Gasteiger partial charge in [0.2, 0.25) is 0 Å². The van der Waals surface area contributed by atoms with Gasteiger partial charge in [0.15, 0.2) is 14.8 Å².